The van der Waals surface area contributed by atoms with Crippen molar-refractivity contribution in [2.75, 3.05) is 5.32 Å². The monoisotopic (exact) mass is 364 g/mol. The number of nitrogens with one attached hydrogen (secondary N) is 1. The van der Waals surface area contributed by atoms with Crippen LogP contribution in [0.5, 0.6) is 0 Å². The van der Waals surface area contributed by atoms with Gasteiger partial charge in [-0.25, -0.2) is 0 Å². The number of anilines is 1. The number of amides is 1. The van der Waals surface area contributed by atoms with Crippen LogP contribution in [0, 0.1) is 10.1 Å². The lowest BCUT2D eigenvalue weighted by molar-refractivity contribution is -0.384. The van der Waals surface area contributed by atoms with E-state index in [9.17, 15) is 14.9 Å². The smallest absolute Gasteiger partial charge is 0.291 e. The van der Waals surface area contributed by atoms with Gasteiger partial charge in [0.1, 0.15) is 5.76 Å². The zero-order chi connectivity index (χ0) is 19.2. The Hall–Kier alpha value is -3.41. The molecule has 27 heavy (non-hydrogen) atoms. The molecule has 1 aromatic heterocycles. The summed E-state index contributed by atoms with van der Waals surface area (Å²) < 4.78 is 5.60. The fourth-order valence-electron chi connectivity index (χ4n) is 2.69. The van der Waals surface area contributed by atoms with Gasteiger partial charge >= 0.3 is 0 Å². The van der Waals surface area contributed by atoms with Crippen molar-refractivity contribution < 1.29 is 14.1 Å². The van der Waals surface area contributed by atoms with Crippen LogP contribution < -0.4 is 5.32 Å². The second-order valence-corrected chi connectivity index (χ2v) is 6.22. The first kappa shape index (κ1) is 18.4. The number of carbonyl (C=O) groups excluding carboxylic acids is 1. The third-order valence-electron chi connectivity index (χ3n) is 4.22. The number of aryl methyl sites for hydroxylation is 1. The molecule has 3 rings (SSSR count). The molecule has 0 saturated carbocycles. The number of hydrogen-bond donors (Lipinski definition) is 1. The molecule has 6 heteroatoms. The van der Waals surface area contributed by atoms with Gasteiger partial charge in [0, 0.05) is 23.4 Å². The van der Waals surface area contributed by atoms with Crippen LogP contribution in [-0.4, -0.2) is 10.8 Å². The first-order valence-electron chi connectivity index (χ1n) is 8.82. The Morgan fingerprint density at radius 2 is 1.74 bits per heavy atom. The SMILES string of the molecule is CCCCc1ccc(NC(=O)c2ccc(-c3ccc([N+](=O)[O-])cc3)o2)cc1. The quantitative estimate of drug-likeness (QED) is 0.446. The van der Waals surface area contributed by atoms with Crippen molar-refractivity contribution in [2.45, 2.75) is 26.2 Å². The Labute approximate surface area is 157 Å². The Balaban J connectivity index is 1.66. The molecule has 0 radical (unpaired) electrons. The fourth-order valence-corrected chi connectivity index (χ4v) is 2.69. The maximum Gasteiger partial charge on any atom is 0.291 e. The van der Waals surface area contributed by atoms with E-state index in [1.54, 1.807) is 24.3 Å². The van der Waals surface area contributed by atoms with Crippen molar-refractivity contribution in [2.24, 2.45) is 0 Å². The average molecular weight is 364 g/mol. The molecule has 0 unspecified atom stereocenters. The van der Waals surface area contributed by atoms with Crippen molar-refractivity contribution >= 4 is 17.3 Å². The number of furan rings is 1. The lowest BCUT2D eigenvalue weighted by Crippen LogP contribution is -2.10. The molecule has 6 nitrogen and oxygen atoms in total. The Bertz CT molecular complexity index is 928. The largest absolute Gasteiger partial charge is 0.451 e. The summed E-state index contributed by atoms with van der Waals surface area (Å²) in [6.07, 6.45) is 3.32. The molecule has 0 fully saturated rings. The molecule has 1 N–H and O–H groups in total. The maximum absolute atomic E-state index is 12.4. The van der Waals surface area contributed by atoms with Crippen molar-refractivity contribution in [3.05, 3.63) is 82.1 Å². The molecule has 0 aliphatic carbocycles. The minimum Gasteiger partial charge on any atom is -0.451 e. The summed E-state index contributed by atoms with van der Waals surface area (Å²) >= 11 is 0. The zero-order valence-corrected chi connectivity index (χ0v) is 15.0. The van der Waals surface area contributed by atoms with Crippen LogP contribution in [0.3, 0.4) is 0 Å². The summed E-state index contributed by atoms with van der Waals surface area (Å²) in [6.45, 7) is 2.16. The molecule has 2 aromatic carbocycles. The molecule has 0 aliphatic rings. The van der Waals surface area contributed by atoms with Gasteiger partial charge in [-0.1, -0.05) is 25.5 Å². The Kier molecular flexibility index (Phi) is 5.66. The average Bonchev–Trinajstić information content (AvgIpc) is 3.18. The summed E-state index contributed by atoms with van der Waals surface area (Å²) in [5, 5.41) is 13.5. The molecule has 0 atom stereocenters. The van der Waals surface area contributed by atoms with Crippen molar-refractivity contribution in [3.63, 3.8) is 0 Å². The van der Waals surface area contributed by atoms with Gasteiger partial charge < -0.3 is 9.73 Å². The van der Waals surface area contributed by atoms with Gasteiger partial charge in [0.15, 0.2) is 5.76 Å². The van der Waals surface area contributed by atoms with Crippen molar-refractivity contribution in [1.82, 2.24) is 0 Å². The van der Waals surface area contributed by atoms with Crippen LogP contribution in [0.4, 0.5) is 11.4 Å². The minimum absolute atomic E-state index is 0.00524. The number of nitrogens with zero attached hydrogens (tertiary/aromatic N) is 1. The van der Waals surface area contributed by atoms with Crippen LogP contribution in [0.15, 0.2) is 65.1 Å². The first-order valence-corrected chi connectivity index (χ1v) is 8.82. The van der Waals surface area contributed by atoms with E-state index in [2.05, 4.69) is 12.2 Å². The first-order chi connectivity index (χ1) is 13.1. The van der Waals surface area contributed by atoms with E-state index in [1.807, 2.05) is 24.3 Å². The molecule has 138 valence electrons. The van der Waals surface area contributed by atoms with Crippen molar-refractivity contribution in [3.8, 4) is 11.3 Å². The second-order valence-electron chi connectivity index (χ2n) is 6.22. The van der Waals surface area contributed by atoms with Crippen LogP contribution in [0.2, 0.25) is 0 Å². The van der Waals surface area contributed by atoms with E-state index < -0.39 is 4.92 Å². The highest BCUT2D eigenvalue weighted by Gasteiger charge is 2.13. The van der Waals surface area contributed by atoms with Gasteiger partial charge in [-0.05, 0) is 54.8 Å². The van der Waals surface area contributed by atoms with Crippen LogP contribution in [0.25, 0.3) is 11.3 Å². The molecular weight excluding hydrogens is 344 g/mol. The number of non-ortho nitro benzene ring substituents is 1. The number of nitro groups is 1. The lowest BCUT2D eigenvalue weighted by Gasteiger charge is -2.05. The molecule has 0 bridgehead atoms. The van der Waals surface area contributed by atoms with Crippen LogP contribution >= 0.6 is 0 Å². The third-order valence-corrected chi connectivity index (χ3v) is 4.22. The second kappa shape index (κ2) is 8.31. The zero-order valence-electron chi connectivity index (χ0n) is 15.0. The maximum atomic E-state index is 12.4. The minimum atomic E-state index is -0.460. The summed E-state index contributed by atoms with van der Waals surface area (Å²) in [6, 6.07) is 17.0. The number of rotatable bonds is 7. The molecule has 0 spiro atoms. The van der Waals surface area contributed by atoms with E-state index in [0.717, 1.165) is 19.3 Å². The molecule has 1 heterocycles. The van der Waals surface area contributed by atoms with E-state index in [4.69, 9.17) is 4.42 Å². The molecule has 0 saturated heterocycles. The van der Waals surface area contributed by atoms with E-state index in [-0.39, 0.29) is 17.4 Å². The Morgan fingerprint density at radius 1 is 1.04 bits per heavy atom. The molecule has 3 aromatic rings. The number of hydrogen-bond acceptors (Lipinski definition) is 4. The predicted molar refractivity (Wildman–Crippen MR) is 104 cm³/mol. The summed E-state index contributed by atoms with van der Waals surface area (Å²) in [5.41, 5.74) is 2.62. The van der Waals surface area contributed by atoms with Gasteiger partial charge in [0.05, 0.1) is 4.92 Å². The number of benzene rings is 2. The van der Waals surface area contributed by atoms with Gasteiger partial charge in [0.25, 0.3) is 11.6 Å². The number of nitro benzene ring substituents is 1. The summed E-state index contributed by atoms with van der Waals surface area (Å²) in [4.78, 5) is 22.6. The van der Waals surface area contributed by atoms with Crippen molar-refractivity contribution in [1.29, 1.82) is 0 Å². The van der Waals surface area contributed by atoms with E-state index in [1.165, 1.54) is 17.7 Å². The lowest BCUT2D eigenvalue weighted by atomic mass is 10.1. The molecule has 1 amide bonds. The summed E-state index contributed by atoms with van der Waals surface area (Å²) in [7, 11) is 0. The van der Waals surface area contributed by atoms with Gasteiger partial charge in [-0.2, -0.15) is 0 Å². The number of unbranched alkanes of at least 4 members (excludes halogenated alkanes) is 1. The number of carbonyl (C=O) groups is 1. The van der Waals surface area contributed by atoms with Gasteiger partial charge in [0.2, 0.25) is 0 Å². The van der Waals surface area contributed by atoms with E-state index >= 15 is 0 Å². The highest BCUT2D eigenvalue weighted by molar-refractivity contribution is 6.02. The molecule has 0 aliphatic heterocycles. The highest BCUT2D eigenvalue weighted by atomic mass is 16.6. The normalized spacial score (nSPS) is 10.6. The predicted octanol–water partition coefficient (Wildman–Crippen LogP) is 5.45. The van der Waals surface area contributed by atoms with Crippen LogP contribution in [-0.2, 0) is 6.42 Å². The Morgan fingerprint density at radius 3 is 2.37 bits per heavy atom. The van der Waals surface area contributed by atoms with Gasteiger partial charge in [-0.15, -0.1) is 0 Å². The molecular formula is C21H20N2O4. The van der Waals surface area contributed by atoms with E-state index in [0.29, 0.717) is 17.0 Å². The fraction of sp³-hybridized carbons (Fsp3) is 0.190. The highest BCUT2D eigenvalue weighted by Crippen LogP contribution is 2.25. The topological polar surface area (TPSA) is 85.4 Å². The third kappa shape index (κ3) is 4.61. The van der Waals surface area contributed by atoms with Crippen LogP contribution in [0.1, 0.15) is 35.9 Å². The summed E-state index contributed by atoms with van der Waals surface area (Å²) in [5.74, 6) is 0.313. The standard InChI is InChI=1S/C21H20N2O4/c1-2-3-4-15-5-9-17(10-6-15)22-21(24)20-14-13-19(27-20)16-7-11-18(12-8-16)23(25)26/h5-14H,2-4H2,1H3,(H,22,24). The van der Waals surface area contributed by atoms with Gasteiger partial charge in [-0.3, -0.25) is 14.9 Å².